The number of hydrogen-bond acceptors (Lipinski definition) is 7. The molecule has 0 aromatic heterocycles. The lowest BCUT2D eigenvalue weighted by Gasteiger charge is -2.52. The van der Waals surface area contributed by atoms with Gasteiger partial charge in [0.2, 0.25) is 0 Å². The van der Waals surface area contributed by atoms with Gasteiger partial charge in [0.25, 0.3) is 15.8 Å². The van der Waals surface area contributed by atoms with Crippen LogP contribution in [-0.4, -0.2) is 31.5 Å². The van der Waals surface area contributed by atoms with Gasteiger partial charge in [0, 0.05) is 23.5 Å². The molecule has 2 fully saturated rings. The third-order valence-electron chi connectivity index (χ3n) is 9.33. The fraction of sp³-hybridized carbons (Fsp3) is 0.500. The third kappa shape index (κ3) is 4.12. The van der Waals surface area contributed by atoms with Crippen LogP contribution in [0.3, 0.4) is 0 Å². The number of hydrogen-bond donors (Lipinski definition) is 0. The van der Waals surface area contributed by atoms with Crippen LogP contribution in [0.25, 0.3) is 0 Å². The second-order valence-corrected chi connectivity index (χ2v) is 13.0. The summed E-state index contributed by atoms with van der Waals surface area (Å²) in [6.45, 7) is 5.83. The molecule has 0 aliphatic heterocycles. The number of carbonyl (C=O) groups excluding carboxylic acids is 2. The first-order chi connectivity index (χ1) is 17.4. The van der Waals surface area contributed by atoms with Crippen molar-refractivity contribution in [3.8, 4) is 0 Å². The smallest absolute Gasteiger partial charge is 0.297 e. The van der Waals surface area contributed by atoms with E-state index < -0.39 is 21.6 Å². The number of nitrogens with zero attached hydrogens (tertiary/aromatic N) is 1. The molecule has 2 saturated carbocycles. The van der Waals surface area contributed by atoms with E-state index in [1.54, 1.807) is 12.2 Å². The largest absolute Gasteiger partial charge is 0.297 e. The van der Waals surface area contributed by atoms with Crippen molar-refractivity contribution in [3.63, 3.8) is 0 Å². The number of fused-ring (bicyclic) bond motifs is 5. The number of allylic oxidation sites excluding steroid dienone is 6. The van der Waals surface area contributed by atoms with Crippen molar-refractivity contribution in [1.29, 1.82) is 0 Å². The Morgan fingerprint density at radius 2 is 1.92 bits per heavy atom. The fourth-order valence-corrected chi connectivity index (χ4v) is 8.48. The molecule has 4 aliphatic carbocycles. The van der Waals surface area contributed by atoms with Crippen LogP contribution in [0.1, 0.15) is 46.5 Å². The lowest BCUT2D eigenvalue weighted by atomic mass is 9.52. The van der Waals surface area contributed by atoms with Gasteiger partial charge in [0.05, 0.1) is 9.82 Å². The average Bonchev–Trinajstić information content (AvgIpc) is 3.13. The molecule has 6 atom stereocenters. The van der Waals surface area contributed by atoms with Crippen LogP contribution in [-0.2, 0) is 23.9 Å². The standard InChI is InChI=1S/C28H31NO7S/c1-17-14-24-22-9-4-18-15-20(30)10-12-27(18,2)23(22)11-13-28(24,3)26(17)25(31)16-36-37(34,35)21-7-5-19(6-8-21)29(32)33/h5-8,10-12,15,17,22,24,26H,4,9,13-14,16H2,1-3H3/t17-,22-,24+,26-,27+,28+/m1/s1. The number of benzene rings is 1. The maximum absolute atomic E-state index is 13.5. The molecule has 0 bridgehead atoms. The molecular weight excluding hydrogens is 494 g/mol. The lowest BCUT2D eigenvalue weighted by molar-refractivity contribution is -0.384. The Morgan fingerprint density at radius 1 is 1.22 bits per heavy atom. The first kappa shape index (κ1) is 25.7. The van der Waals surface area contributed by atoms with E-state index in [1.165, 1.54) is 5.57 Å². The fourth-order valence-electron chi connectivity index (χ4n) is 7.60. The zero-order chi connectivity index (χ0) is 26.8. The predicted molar refractivity (Wildman–Crippen MR) is 136 cm³/mol. The Hall–Kier alpha value is -2.91. The average molecular weight is 526 g/mol. The number of Topliss-reactive ketones (excluding diaryl/α,β-unsaturated/α-hetero) is 1. The van der Waals surface area contributed by atoms with Gasteiger partial charge in [0.1, 0.15) is 6.61 Å². The van der Waals surface area contributed by atoms with Crippen LogP contribution < -0.4 is 0 Å². The van der Waals surface area contributed by atoms with Gasteiger partial charge in [-0.2, -0.15) is 8.42 Å². The molecule has 196 valence electrons. The van der Waals surface area contributed by atoms with Gasteiger partial charge in [-0.05, 0) is 80.1 Å². The number of rotatable bonds is 6. The van der Waals surface area contributed by atoms with Crippen LogP contribution >= 0.6 is 0 Å². The summed E-state index contributed by atoms with van der Waals surface area (Å²) in [6, 6.07) is 4.41. The normalized spacial score (nSPS) is 34.6. The molecule has 0 unspecified atom stereocenters. The summed E-state index contributed by atoms with van der Waals surface area (Å²) in [5.74, 6) is 0.141. The second-order valence-electron chi connectivity index (χ2n) is 11.4. The van der Waals surface area contributed by atoms with E-state index in [4.69, 9.17) is 4.18 Å². The van der Waals surface area contributed by atoms with Crippen LogP contribution in [0.4, 0.5) is 5.69 Å². The number of carbonyl (C=O) groups is 2. The van der Waals surface area contributed by atoms with Crippen LogP contribution in [0.5, 0.6) is 0 Å². The Kier molecular flexibility index (Phi) is 6.15. The van der Waals surface area contributed by atoms with Gasteiger partial charge >= 0.3 is 0 Å². The maximum atomic E-state index is 13.5. The highest BCUT2D eigenvalue weighted by molar-refractivity contribution is 7.86. The molecule has 0 N–H and O–H groups in total. The molecule has 5 rings (SSSR count). The summed E-state index contributed by atoms with van der Waals surface area (Å²) in [6.07, 6.45) is 11.1. The van der Waals surface area contributed by atoms with Crippen LogP contribution in [0.2, 0.25) is 0 Å². The number of non-ortho nitro benzene ring substituents is 1. The first-order valence-electron chi connectivity index (χ1n) is 12.7. The van der Waals surface area contributed by atoms with E-state index >= 15 is 0 Å². The minimum atomic E-state index is -4.24. The number of nitro benzene ring substituents is 1. The Balaban J connectivity index is 1.35. The SMILES string of the molecule is C[C@@H]1C[C@H]2[C@@H]3CCC4=CC(=O)C=C[C@]4(C)C3=CC[C@]2(C)[C@H]1C(=O)COS(=O)(=O)c1ccc([N+](=O)[O-])cc1. The predicted octanol–water partition coefficient (Wildman–Crippen LogP) is 4.96. The van der Waals surface area contributed by atoms with E-state index in [0.717, 1.165) is 49.1 Å². The van der Waals surface area contributed by atoms with Gasteiger partial charge in [-0.25, -0.2) is 0 Å². The topological polar surface area (TPSA) is 121 Å². The van der Waals surface area contributed by atoms with E-state index in [2.05, 4.69) is 26.8 Å². The molecule has 0 radical (unpaired) electrons. The van der Waals surface area contributed by atoms with Gasteiger partial charge in [-0.1, -0.05) is 37.1 Å². The maximum Gasteiger partial charge on any atom is 0.297 e. The minimum Gasteiger partial charge on any atom is -0.297 e. The molecule has 4 aliphatic rings. The van der Waals surface area contributed by atoms with Crippen molar-refractivity contribution >= 4 is 27.4 Å². The summed E-state index contributed by atoms with van der Waals surface area (Å²) in [4.78, 5) is 35.5. The summed E-state index contributed by atoms with van der Waals surface area (Å²) < 4.78 is 30.5. The summed E-state index contributed by atoms with van der Waals surface area (Å²) in [5, 5.41) is 10.8. The number of ketones is 2. The van der Waals surface area contributed by atoms with E-state index in [0.29, 0.717) is 12.3 Å². The summed E-state index contributed by atoms with van der Waals surface area (Å²) in [7, 11) is -4.24. The molecule has 1 aromatic carbocycles. The van der Waals surface area contributed by atoms with Crippen LogP contribution in [0, 0.1) is 44.6 Å². The summed E-state index contributed by atoms with van der Waals surface area (Å²) in [5.41, 5.74) is 1.71. The third-order valence-corrected chi connectivity index (χ3v) is 10.6. The molecular formula is C28H31NO7S. The molecule has 37 heavy (non-hydrogen) atoms. The zero-order valence-electron chi connectivity index (χ0n) is 21.2. The van der Waals surface area contributed by atoms with Crippen molar-refractivity contribution in [3.05, 3.63) is 69.8 Å². The van der Waals surface area contributed by atoms with Crippen molar-refractivity contribution in [2.24, 2.45) is 34.5 Å². The highest BCUT2D eigenvalue weighted by Gasteiger charge is 2.59. The Bertz CT molecular complexity index is 1370. The summed E-state index contributed by atoms with van der Waals surface area (Å²) >= 11 is 0. The minimum absolute atomic E-state index is 0.0380. The molecule has 0 saturated heterocycles. The van der Waals surface area contributed by atoms with Gasteiger partial charge in [0.15, 0.2) is 11.6 Å². The molecule has 0 amide bonds. The molecule has 0 spiro atoms. The molecule has 9 heteroatoms. The lowest BCUT2D eigenvalue weighted by Crippen LogP contribution is -2.45. The molecule has 1 aromatic rings. The van der Waals surface area contributed by atoms with Crippen molar-refractivity contribution < 1.29 is 27.1 Å². The first-order valence-corrected chi connectivity index (χ1v) is 14.1. The molecule has 0 heterocycles. The van der Waals surface area contributed by atoms with E-state index in [1.807, 2.05) is 6.08 Å². The quantitative estimate of drug-likeness (QED) is 0.223. The van der Waals surface area contributed by atoms with Crippen molar-refractivity contribution in [1.82, 2.24) is 0 Å². The van der Waals surface area contributed by atoms with Gasteiger partial charge in [-0.3, -0.25) is 23.9 Å². The monoisotopic (exact) mass is 525 g/mol. The Morgan fingerprint density at radius 3 is 2.59 bits per heavy atom. The van der Waals surface area contributed by atoms with E-state index in [-0.39, 0.29) is 50.7 Å². The van der Waals surface area contributed by atoms with Crippen molar-refractivity contribution in [2.45, 2.75) is 51.3 Å². The molecule has 8 nitrogen and oxygen atoms in total. The van der Waals surface area contributed by atoms with E-state index in [9.17, 15) is 28.1 Å². The highest BCUT2D eigenvalue weighted by atomic mass is 32.2. The van der Waals surface area contributed by atoms with Crippen molar-refractivity contribution in [2.75, 3.05) is 6.61 Å². The highest BCUT2D eigenvalue weighted by Crippen LogP contribution is 2.65. The van der Waals surface area contributed by atoms with Gasteiger partial charge in [-0.15, -0.1) is 0 Å². The Labute approximate surface area is 216 Å². The number of nitro groups is 1. The van der Waals surface area contributed by atoms with Gasteiger partial charge < -0.3 is 0 Å². The zero-order valence-corrected chi connectivity index (χ0v) is 22.0. The van der Waals surface area contributed by atoms with Crippen LogP contribution in [0.15, 0.2) is 64.6 Å². The second kappa shape index (κ2) is 8.84.